The van der Waals surface area contributed by atoms with Gasteiger partial charge in [0.05, 0.1) is 0 Å². The fourth-order valence-electron chi connectivity index (χ4n) is 3.41. The van der Waals surface area contributed by atoms with Crippen LogP contribution in [0.1, 0.15) is 35.1 Å². The molecule has 0 spiro atoms. The van der Waals surface area contributed by atoms with Gasteiger partial charge >= 0.3 is 0 Å². The van der Waals surface area contributed by atoms with E-state index in [1.807, 2.05) is 78.5 Å². The first kappa shape index (κ1) is 17.3. The molecular weight excluding hydrogens is 340 g/mol. The molecule has 0 bridgehead atoms. The van der Waals surface area contributed by atoms with Gasteiger partial charge in [-0.1, -0.05) is 35.5 Å². The number of hydrogen-bond acceptors (Lipinski definition) is 5. The molecule has 1 aliphatic rings. The first-order chi connectivity index (χ1) is 13.1. The number of rotatable bonds is 4. The fraction of sp³-hybridized carbons (Fsp3) is 0.286. The Kier molecular flexibility index (Phi) is 4.62. The third-order valence-corrected chi connectivity index (χ3v) is 4.90. The molecule has 0 aliphatic carbocycles. The lowest BCUT2D eigenvalue weighted by molar-refractivity contribution is 0.0710. The molecule has 1 aliphatic heterocycles. The van der Waals surface area contributed by atoms with Gasteiger partial charge < -0.3 is 14.3 Å². The van der Waals surface area contributed by atoms with Crippen molar-refractivity contribution >= 4 is 11.6 Å². The maximum Gasteiger partial charge on any atom is 0.254 e. The third-order valence-electron chi connectivity index (χ3n) is 4.90. The zero-order valence-corrected chi connectivity index (χ0v) is 15.5. The number of likely N-dealkylation sites (tertiary alicyclic amines) is 1. The van der Waals surface area contributed by atoms with Crippen LogP contribution >= 0.6 is 0 Å². The summed E-state index contributed by atoms with van der Waals surface area (Å²) in [7, 11) is 3.96. The Morgan fingerprint density at radius 1 is 1.11 bits per heavy atom. The second-order valence-electron chi connectivity index (χ2n) is 6.92. The topological polar surface area (TPSA) is 62.5 Å². The smallest absolute Gasteiger partial charge is 0.254 e. The van der Waals surface area contributed by atoms with Gasteiger partial charge in [-0.05, 0) is 37.1 Å². The summed E-state index contributed by atoms with van der Waals surface area (Å²) in [5.41, 5.74) is 2.65. The van der Waals surface area contributed by atoms with Gasteiger partial charge in [0.15, 0.2) is 0 Å². The second kappa shape index (κ2) is 7.23. The molecule has 138 valence electrons. The molecule has 1 saturated heterocycles. The highest BCUT2D eigenvalue weighted by Crippen LogP contribution is 2.33. The van der Waals surface area contributed by atoms with Gasteiger partial charge in [0.1, 0.15) is 6.04 Å². The zero-order chi connectivity index (χ0) is 18.8. The van der Waals surface area contributed by atoms with Crippen molar-refractivity contribution in [1.82, 2.24) is 15.0 Å². The molecule has 1 fully saturated rings. The summed E-state index contributed by atoms with van der Waals surface area (Å²) >= 11 is 0. The molecule has 3 aromatic rings. The van der Waals surface area contributed by atoms with Crippen LogP contribution < -0.4 is 4.90 Å². The van der Waals surface area contributed by atoms with Crippen LogP contribution in [0.2, 0.25) is 0 Å². The van der Waals surface area contributed by atoms with Crippen LogP contribution in [0.15, 0.2) is 59.1 Å². The van der Waals surface area contributed by atoms with Crippen LogP contribution in [0.3, 0.4) is 0 Å². The van der Waals surface area contributed by atoms with Gasteiger partial charge in [0.25, 0.3) is 5.91 Å². The van der Waals surface area contributed by atoms with E-state index < -0.39 is 0 Å². The Hall–Kier alpha value is -3.15. The van der Waals surface area contributed by atoms with E-state index in [0.29, 0.717) is 23.8 Å². The standard InChI is InChI=1S/C21H22N4O2/c1-24(2)17-12-10-16(11-13-17)21(26)25-14-6-9-18(25)20-22-19(23-27-20)15-7-4-3-5-8-15/h3-5,7-8,10-13,18H,6,9,14H2,1-2H3. The summed E-state index contributed by atoms with van der Waals surface area (Å²) in [5, 5.41) is 4.10. The average molecular weight is 362 g/mol. The zero-order valence-electron chi connectivity index (χ0n) is 15.5. The van der Waals surface area contributed by atoms with Crippen LogP contribution in [0.5, 0.6) is 0 Å². The number of anilines is 1. The van der Waals surface area contributed by atoms with Crippen molar-refractivity contribution in [2.45, 2.75) is 18.9 Å². The van der Waals surface area contributed by atoms with Crippen molar-refractivity contribution in [3.63, 3.8) is 0 Å². The van der Waals surface area contributed by atoms with Crippen molar-refractivity contribution in [3.8, 4) is 11.4 Å². The van der Waals surface area contributed by atoms with Crippen molar-refractivity contribution in [2.75, 3.05) is 25.5 Å². The number of benzene rings is 2. The van der Waals surface area contributed by atoms with Crippen molar-refractivity contribution in [2.24, 2.45) is 0 Å². The highest BCUT2D eigenvalue weighted by molar-refractivity contribution is 5.95. The van der Waals surface area contributed by atoms with E-state index in [-0.39, 0.29) is 11.9 Å². The lowest BCUT2D eigenvalue weighted by Gasteiger charge is -2.22. The van der Waals surface area contributed by atoms with E-state index in [4.69, 9.17) is 4.52 Å². The summed E-state index contributed by atoms with van der Waals surface area (Å²) < 4.78 is 5.51. The highest BCUT2D eigenvalue weighted by atomic mass is 16.5. The van der Waals surface area contributed by atoms with E-state index in [1.165, 1.54) is 0 Å². The third kappa shape index (κ3) is 3.43. The minimum atomic E-state index is -0.170. The summed E-state index contributed by atoms with van der Waals surface area (Å²) in [4.78, 5) is 21.4. The van der Waals surface area contributed by atoms with E-state index >= 15 is 0 Å². The second-order valence-corrected chi connectivity index (χ2v) is 6.92. The Labute approximate surface area is 158 Å². The van der Waals surface area contributed by atoms with Gasteiger partial charge in [-0.3, -0.25) is 4.79 Å². The quantitative estimate of drug-likeness (QED) is 0.707. The van der Waals surface area contributed by atoms with E-state index in [2.05, 4.69) is 10.1 Å². The predicted octanol–water partition coefficient (Wildman–Crippen LogP) is 3.78. The maximum atomic E-state index is 13.0. The largest absolute Gasteiger partial charge is 0.378 e. The van der Waals surface area contributed by atoms with Gasteiger partial charge in [0.2, 0.25) is 11.7 Å². The molecule has 1 unspecified atom stereocenters. The molecule has 2 heterocycles. The van der Waals surface area contributed by atoms with E-state index in [1.54, 1.807) is 0 Å². The number of amides is 1. The Balaban J connectivity index is 1.55. The van der Waals surface area contributed by atoms with Gasteiger partial charge in [-0.2, -0.15) is 4.98 Å². The minimum absolute atomic E-state index is 0.00210. The van der Waals surface area contributed by atoms with Crippen molar-refractivity contribution in [1.29, 1.82) is 0 Å². The molecule has 1 amide bonds. The maximum absolute atomic E-state index is 13.0. The highest BCUT2D eigenvalue weighted by Gasteiger charge is 2.34. The number of carbonyl (C=O) groups is 1. The summed E-state index contributed by atoms with van der Waals surface area (Å²) in [6.45, 7) is 0.696. The molecular formula is C21H22N4O2. The number of hydrogen-bond donors (Lipinski definition) is 0. The van der Waals surface area contributed by atoms with Crippen LogP contribution in [0, 0.1) is 0 Å². The fourth-order valence-corrected chi connectivity index (χ4v) is 3.41. The van der Waals surface area contributed by atoms with Crippen LogP contribution in [0.4, 0.5) is 5.69 Å². The number of carbonyl (C=O) groups excluding carboxylic acids is 1. The molecule has 2 aromatic carbocycles. The molecule has 27 heavy (non-hydrogen) atoms. The summed E-state index contributed by atoms with van der Waals surface area (Å²) in [6, 6.07) is 17.2. The van der Waals surface area contributed by atoms with Crippen LogP contribution in [-0.4, -0.2) is 41.6 Å². The predicted molar refractivity (Wildman–Crippen MR) is 104 cm³/mol. The summed E-state index contributed by atoms with van der Waals surface area (Å²) in [5.74, 6) is 1.06. The molecule has 4 rings (SSSR count). The number of aromatic nitrogens is 2. The molecule has 1 atom stereocenters. The van der Waals surface area contributed by atoms with Gasteiger partial charge in [0, 0.05) is 37.5 Å². The molecule has 1 aromatic heterocycles. The minimum Gasteiger partial charge on any atom is -0.378 e. The van der Waals surface area contributed by atoms with E-state index in [9.17, 15) is 4.79 Å². The first-order valence-corrected chi connectivity index (χ1v) is 9.11. The normalized spacial score (nSPS) is 16.5. The average Bonchev–Trinajstić information content (AvgIpc) is 3.37. The molecule has 0 radical (unpaired) electrons. The SMILES string of the molecule is CN(C)c1ccc(C(=O)N2CCCC2c2nc(-c3ccccc3)no2)cc1. The van der Waals surface area contributed by atoms with Crippen LogP contribution in [0.25, 0.3) is 11.4 Å². The van der Waals surface area contributed by atoms with Crippen molar-refractivity contribution < 1.29 is 9.32 Å². The molecule has 6 heteroatoms. The first-order valence-electron chi connectivity index (χ1n) is 9.11. The Bertz CT molecular complexity index is 919. The van der Waals surface area contributed by atoms with Crippen LogP contribution in [-0.2, 0) is 0 Å². The van der Waals surface area contributed by atoms with Gasteiger partial charge in [-0.15, -0.1) is 0 Å². The van der Waals surface area contributed by atoms with E-state index in [0.717, 1.165) is 24.1 Å². The van der Waals surface area contributed by atoms with Crippen molar-refractivity contribution in [3.05, 3.63) is 66.1 Å². The van der Waals surface area contributed by atoms with Gasteiger partial charge in [-0.25, -0.2) is 0 Å². The lowest BCUT2D eigenvalue weighted by atomic mass is 10.1. The lowest BCUT2D eigenvalue weighted by Crippen LogP contribution is -2.30. The molecule has 0 N–H and O–H groups in total. The Morgan fingerprint density at radius 2 is 1.85 bits per heavy atom. The molecule has 0 saturated carbocycles. The molecule has 6 nitrogen and oxygen atoms in total. The Morgan fingerprint density at radius 3 is 2.56 bits per heavy atom. The number of nitrogens with zero attached hydrogens (tertiary/aromatic N) is 4. The monoisotopic (exact) mass is 362 g/mol. The summed E-state index contributed by atoms with van der Waals surface area (Å²) in [6.07, 6.45) is 1.76.